The van der Waals surface area contributed by atoms with Crippen molar-refractivity contribution in [3.63, 3.8) is 0 Å². The van der Waals surface area contributed by atoms with Crippen molar-refractivity contribution in [2.45, 2.75) is 18.9 Å². The summed E-state index contributed by atoms with van der Waals surface area (Å²) in [4.78, 5) is 19.2. The average Bonchev–Trinajstić information content (AvgIpc) is 3.08. The van der Waals surface area contributed by atoms with Crippen LogP contribution in [0.4, 0.5) is 0 Å². The summed E-state index contributed by atoms with van der Waals surface area (Å²) in [5.74, 6) is 1.20. The van der Waals surface area contributed by atoms with Crippen molar-refractivity contribution < 1.29 is 4.79 Å². The molecule has 1 aliphatic carbocycles. The molecular formula is C17H20ClN3O. The molecule has 3 unspecified atom stereocenters. The van der Waals surface area contributed by atoms with Crippen molar-refractivity contribution >= 4 is 29.2 Å². The highest BCUT2D eigenvalue weighted by Gasteiger charge is 2.42. The molecule has 0 spiro atoms. The molecule has 4 nitrogen and oxygen atoms in total. The molecular weight excluding hydrogens is 298 g/mol. The van der Waals surface area contributed by atoms with Crippen LogP contribution in [0.2, 0.25) is 0 Å². The molecule has 0 bridgehead atoms. The first kappa shape index (κ1) is 15.3. The second-order valence-electron chi connectivity index (χ2n) is 6.25. The van der Waals surface area contributed by atoms with Crippen LogP contribution in [0.25, 0.3) is 10.9 Å². The largest absolute Gasteiger partial charge is 0.338 e. The summed E-state index contributed by atoms with van der Waals surface area (Å²) in [6.45, 7) is 1.66. The third-order valence-electron chi connectivity index (χ3n) is 5.08. The monoisotopic (exact) mass is 317 g/mol. The van der Waals surface area contributed by atoms with E-state index in [1.807, 2.05) is 35.2 Å². The Morgan fingerprint density at radius 2 is 2.05 bits per heavy atom. The van der Waals surface area contributed by atoms with Crippen LogP contribution in [0.1, 0.15) is 23.2 Å². The van der Waals surface area contributed by atoms with Crippen LogP contribution in [-0.4, -0.2) is 34.9 Å². The molecule has 4 rings (SSSR count). The minimum absolute atomic E-state index is 0. The Balaban J connectivity index is 0.00000144. The lowest BCUT2D eigenvalue weighted by Gasteiger charge is -2.19. The third kappa shape index (κ3) is 2.36. The smallest absolute Gasteiger partial charge is 0.254 e. The van der Waals surface area contributed by atoms with Gasteiger partial charge in [-0.05, 0) is 42.9 Å². The van der Waals surface area contributed by atoms with Gasteiger partial charge in [0.05, 0.1) is 5.52 Å². The molecule has 1 aromatic heterocycles. The van der Waals surface area contributed by atoms with Gasteiger partial charge in [-0.2, -0.15) is 0 Å². The quantitative estimate of drug-likeness (QED) is 0.879. The van der Waals surface area contributed by atoms with E-state index in [-0.39, 0.29) is 24.4 Å². The maximum atomic E-state index is 12.9. The number of aromatic nitrogens is 1. The fourth-order valence-electron chi connectivity index (χ4n) is 3.93. The topological polar surface area (TPSA) is 59.2 Å². The van der Waals surface area contributed by atoms with Gasteiger partial charge in [-0.15, -0.1) is 12.4 Å². The van der Waals surface area contributed by atoms with Crippen LogP contribution < -0.4 is 5.73 Å². The van der Waals surface area contributed by atoms with E-state index in [4.69, 9.17) is 5.73 Å². The van der Waals surface area contributed by atoms with Crippen LogP contribution in [0.15, 0.2) is 36.5 Å². The van der Waals surface area contributed by atoms with Crippen LogP contribution in [-0.2, 0) is 0 Å². The number of likely N-dealkylation sites (tertiary alicyclic amines) is 1. The molecule has 2 aliphatic rings. The number of fused-ring (bicyclic) bond motifs is 2. The number of hydrogen-bond donors (Lipinski definition) is 1. The molecule has 22 heavy (non-hydrogen) atoms. The summed E-state index contributed by atoms with van der Waals surface area (Å²) in [6.07, 6.45) is 4.03. The Morgan fingerprint density at radius 1 is 1.18 bits per heavy atom. The Hall–Kier alpha value is -1.65. The second-order valence-corrected chi connectivity index (χ2v) is 6.25. The Morgan fingerprint density at radius 3 is 2.86 bits per heavy atom. The van der Waals surface area contributed by atoms with E-state index in [0.29, 0.717) is 11.8 Å². The summed E-state index contributed by atoms with van der Waals surface area (Å²) in [6, 6.07) is 9.88. The van der Waals surface area contributed by atoms with Crippen molar-refractivity contribution in [3.05, 3.63) is 42.1 Å². The first-order valence-corrected chi connectivity index (χ1v) is 7.62. The summed E-state index contributed by atoms with van der Waals surface area (Å²) in [5, 5.41) is 0.936. The summed E-state index contributed by atoms with van der Waals surface area (Å²) >= 11 is 0. The van der Waals surface area contributed by atoms with Crippen molar-refractivity contribution in [2.24, 2.45) is 17.6 Å². The molecule has 116 valence electrons. The highest BCUT2D eigenvalue weighted by Crippen LogP contribution is 2.37. The van der Waals surface area contributed by atoms with E-state index in [1.165, 1.54) is 0 Å². The van der Waals surface area contributed by atoms with Gasteiger partial charge in [0.1, 0.15) is 0 Å². The van der Waals surface area contributed by atoms with Crippen LogP contribution in [0, 0.1) is 11.8 Å². The number of rotatable bonds is 1. The molecule has 2 aromatic rings. The van der Waals surface area contributed by atoms with Gasteiger partial charge in [-0.25, -0.2) is 0 Å². The van der Waals surface area contributed by atoms with Crippen molar-refractivity contribution in [2.75, 3.05) is 13.1 Å². The van der Waals surface area contributed by atoms with Crippen LogP contribution >= 0.6 is 12.4 Å². The second kappa shape index (κ2) is 5.86. The van der Waals surface area contributed by atoms with Crippen molar-refractivity contribution in [1.29, 1.82) is 0 Å². The maximum absolute atomic E-state index is 12.9. The molecule has 2 fully saturated rings. The Kier molecular flexibility index (Phi) is 4.06. The van der Waals surface area contributed by atoms with E-state index in [2.05, 4.69) is 4.98 Å². The molecule has 2 N–H and O–H groups in total. The highest BCUT2D eigenvalue weighted by atomic mass is 35.5. The lowest BCUT2D eigenvalue weighted by atomic mass is 9.98. The molecule has 5 heteroatoms. The third-order valence-corrected chi connectivity index (χ3v) is 5.08. The fraction of sp³-hybridized carbons (Fsp3) is 0.412. The van der Waals surface area contributed by atoms with E-state index >= 15 is 0 Å². The fourth-order valence-corrected chi connectivity index (χ4v) is 3.93. The number of nitrogens with zero attached hydrogens (tertiary/aromatic N) is 2. The van der Waals surface area contributed by atoms with E-state index < -0.39 is 0 Å². The minimum atomic E-state index is 0. The lowest BCUT2D eigenvalue weighted by molar-refractivity contribution is 0.0781. The Labute approximate surface area is 136 Å². The Bertz CT molecular complexity index is 700. The van der Waals surface area contributed by atoms with Crippen molar-refractivity contribution in [1.82, 2.24) is 9.88 Å². The molecule has 1 amide bonds. The number of carbonyl (C=O) groups is 1. The first-order valence-electron chi connectivity index (χ1n) is 7.62. The van der Waals surface area contributed by atoms with E-state index in [9.17, 15) is 4.79 Å². The normalized spacial score (nSPS) is 26.8. The summed E-state index contributed by atoms with van der Waals surface area (Å²) in [5.41, 5.74) is 7.80. The van der Waals surface area contributed by atoms with Gasteiger partial charge in [0.25, 0.3) is 5.91 Å². The molecule has 0 radical (unpaired) electrons. The van der Waals surface area contributed by atoms with Gasteiger partial charge in [0.15, 0.2) is 0 Å². The zero-order valence-corrected chi connectivity index (χ0v) is 13.1. The SMILES string of the molecule is Cl.NC1CCC2CN(C(=O)c3cccc4ncccc34)CC12. The van der Waals surface area contributed by atoms with Crippen molar-refractivity contribution in [3.8, 4) is 0 Å². The number of hydrogen-bond acceptors (Lipinski definition) is 3. The van der Waals surface area contributed by atoms with Gasteiger partial charge in [0, 0.05) is 36.3 Å². The number of pyridine rings is 1. The summed E-state index contributed by atoms with van der Waals surface area (Å²) in [7, 11) is 0. The minimum Gasteiger partial charge on any atom is -0.338 e. The van der Waals surface area contributed by atoms with Gasteiger partial charge < -0.3 is 10.6 Å². The maximum Gasteiger partial charge on any atom is 0.254 e. The van der Waals surface area contributed by atoms with Crippen LogP contribution in [0.3, 0.4) is 0 Å². The number of carbonyl (C=O) groups excluding carboxylic acids is 1. The molecule has 1 aromatic carbocycles. The van der Waals surface area contributed by atoms with E-state index in [1.54, 1.807) is 6.20 Å². The number of nitrogens with two attached hydrogens (primary N) is 1. The molecule has 2 heterocycles. The number of halogens is 1. The highest BCUT2D eigenvalue weighted by molar-refractivity contribution is 6.06. The molecule has 1 saturated carbocycles. The predicted octanol–water partition coefficient (Wildman–Crippen LogP) is 2.47. The average molecular weight is 318 g/mol. The predicted molar refractivity (Wildman–Crippen MR) is 89.1 cm³/mol. The molecule has 3 atom stereocenters. The number of amides is 1. The van der Waals surface area contributed by atoms with Gasteiger partial charge >= 0.3 is 0 Å². The lowest BCUT2D eigenvalue weighted by Crippen LogP contribution is -2.33. The van der Waals surface area contributed by atoms with E-state index in [0.717, 1.165) is 42.4 Å². The van der Waals surface area contributed by atoms with Crippen LogP contribution in [0.5, 0.6) is 0 Å². The molecule has 1 saturated heterocycles. The first-order chi connectivity index (χ1) is 10.2. The number of benzene rings is 1. The van der Waals surface area contributed by atoms with Gasteiger partial charge in [-0.3, -0.25) is 9.78 Å². The standard InChI is InChI=1S/C17H19N3O.ClH/c18-15-7-6-11-9-20(10-14(11)15)17(21)13-3-1-5-16-12(13)4-2-8-19-16;/h1-5,8,11,14-15H,6-7,9-10,18H2;1H. The summed E-state index contributed by atoms with van der Waals surface area (Å²) < 4.78 is 0. The van der Waals surface area contributed by atoms with Gasteiger partial charge in [-0.1, -0.05) is 12.1 Å². The zero-order chi connectivity index (χ0) is 14.4. The molecule has 1 aliphatic heterocycles. The van der Waals surface area contributed by atoms with Gasteiger partial charge in [0.2, 0.25) is 0 Å². The zero-order valence-electron chi connectivity index (χ0n) is 12.3.